The maximum Gasteiger partial charge on any atom is -0.00374 e. The van der Waals surface area contributed by atoms with Crippen molar-refractivity contribution >= 4 is 0 Å². The van der Waals surface area contributed by atoms with Crippen LogP contribution in [0.3, 0.4) is 0 Å². The summed E-state index contributed by atoms with van der Waals surface area (Å²) in [5.74, 6) is 0. The van der Waals surface area contributed by atoms with Crippen molar-refractivity contribution in [3.8, 4) is 0 Å². The molecule has 0 saturated carbocycles. The molecule has 0 heteroatoms. The molecule has 0 saturated heterocycles. The predicted octanol–water partition coefficient (Wildman–Crippen LogP) is 4.02. The van der Waals surface area contributed by atoms with Crippen LogP contribution in [0.5, 0.6) is 0 Å². The summed E-state index contributed by atoms with van der Waals surface area (Å²) in [5.41, 5.74) is 5.82. The fourth-order valence-corrected chi connectivity index (χ4v) is 1.01. The van der Waals surface area contributed by atoms with Gasteiger partial charge in [0.05, 0.1) is 0 Å². The molecule has 0 aliphatic heterocycles. The van der Waals surface area contributed by atoms with Crippen LogP contribution in [0, 0.1) is 0 Å². The van der Waals surface area contributed by atoms with Crippen LogP contribution >= 0.6 is 0 Å². The zero-order chi connectivity index (χ0) is 9.40. The lowest BCUT2D eigenvalue weighted by molar-refractivity contribution is 1.11. The van der Waals surface area contributed by atoms with Crippen LogP contribution in [-0.4, -0.2) is 0 Å². The van der Waals surface area contributed by atoms with Crippen LogP contribution < -0.4 is 0 Å². The second-order valence-corrected chi connectivity index (χ2v) is 2.64. The third-order valence-electron chi connectivity index (χ3n) is 1.69. The Morgan fingerprint density at radius 1 is 1.33 bits per heavy atom. The average Bonchev–Trinajstić information content (AvgIpc) is 2.10. The van der Waals surface area contributed by atoms with Crippen LogP contribution in [0.1, 0.15) is 34.1 Å². The van der Waals surface area contributed by atoms with Crippen molar-refractivity contribution in [2.75, 3.05) is 0 Å². The van der Waals surface area contributed by atoms with Gasteiger partial charge in [-0.2, -0.15) is 0 Å². The van der Waals surface area contributed by atoms with Crippen LogP contribution in [0.25, 0.3) is 0 Å². The Morgan fingerprint density at radius 3 is 2.42 bits per heavy atom. The Labute approximate surface area is 76.0 Å². The van der Waals surface area contributed by atoms with E-state index in [2.05, 4.69) is 31.7 Å². The molecule has 0 aromatic carbocycles. The highest BCUT2D eigenvalue weighted by Crippen LogP contribution is 2.11. The Morgan fingerprint density at radius 2 is 2.00 bits per heavy atom. The van der Waals surface area contributed by atoms with Gasteiger partial charge in [-0.25, -0.2) is 0 Å². The van der Waals surface area contributed by atoms with Gasteiger partial charge in [-0.3, -0.25) is 0 Å². The molecule has 12 heavy (non-hydrogen) atoms. The lowest BCUT2D eigenvalue weighted by Crippen LogP contribution is -1.80. The number of hydrogen-bond acceptors (Lipinski definition) is 0. The topological polar surface area (TPSA) is 0 Å². The molecular weight excluding hydrogens is 144 g/mol. The summed E-state index contributed by atoms with van der Waals surface area (Å²) in [6, 6.07) is 0. The summed E-state index contributed by atoms with van der Waals surface area (Å²) in [4.78, 5) is 0. The summed E-state index contributed by atoms with van der Waals surface area (Å²) in [7, 11) is 0. The first-order valence-corrected chi connectivity index (χ1v) is 4.46. The van der Waals surface area contributed by atoms with E-state index >= 15 is 0 Å². The van der Waals surface area contributed by atoms with E-state index in [1.807, 2.05) is 26.0 Å². The van der Waals surface area contributed by atoms with Gasteiger partial charge in [0.25, 0.3) is 0 Å². The third kappa shape index (κ3) is 4.00. The highest BCUT2D eigenvalue weighted by atomic mass is 14.0. The molecule has 0 fully saturated rings. The molecule has 0 atom stereocenters. The van der Waals surface area contributed by atoms with E-state index in [0.717, 1.165) is 6.42 Å². The van der Waals surface area contributed by atoms with Gasteiger partial charge in [-0.1, -0.05) is 25.2 Å². The summed E-state index contributed by atoms with van der Waals surface area (Å²) >= 11 is 0. The zero-order valence-corrected chi connectivity index (χ0v) is 8.52. The molecule has 0 aliphatic rings. The minimum atomic E-state index is 1.05. The quantitative estimate of drug-likeness (QED) is 0.434. The third-order valence-corrected chi connectivity index (χ3v) is 1.69. The summed E-state index contributed by atoms with van der Waals surface area (Å²) in [5, 5.41) is 0. The lowest BCUT2D eigenvalue weighted by atomic mass is 10.1. The van der Waals surface area contributed by atoms with Gasteiger partial charge in [0.1, 0.15) is 0 Å². The molecule has 0 unspecified atom stereocenters. The molecule has 0 aromatic heterocycles. The van der Waals surface area contributed by atoms with Gasteiger partial charge in [0.2, 0.25) is 0 Å². The van der Waals surface area contributed by atoms with E-state index in [-0.39, 0.29) is 0 Å². The second kappa shape index (κ2) is 6.69. The van der Waals surface area contributed by atoms with Gasteiger partial charge in [-0.15, -0.1) is 5.73 Å². The first kappa shape index (κ1) is 11.0. The molecule has 0 rings (SSSR count). The second-order valence-electron chi connectivity index (χ2n) is 2.64. The van der Waals surface area contributed by atoms with E-state index < -0.39 is 0 Å². The molecule has 0 amide bonds. The van der Waals surface area contributed by atoms with Crippen molar-refractivity contribution in [1.82, 2.24) is 0 Å². The van der Waals surface area contributed by atoms with Gasteiger partial charge < -0.3 is 0 Å². The summed E-state index contributed by atoms with van der Waals surface area (Å²) in [6.45, 7) is 8.29. The van der Waals surface area contributed by atoms with E-state index in [1.165, 1.54) is 11.1 Å². The first-order valence-electron chi connectivity index (χ1n) is 4.46. The maximum atomic E-state index is 3.23. The largest absolute Gasteiger partial charge is 0.122 e. The molecule has 0 heterocycles. The normalized spacial score (nSPS) is 11.5. The fraction of sp³-hybridized carbons (Fsp3) is 0.417. The summed E-state index contributed by atoms with van der Waals surface area (Å²) < 4.78 is 0. The highest BCUT2D eigenvalue weighted by Gasteiger charge is 1.92. The Balaban J connectivity index is 4.64. The maximum absolute atomic E-state index is 3.23. The van der Waals surface area contributed by atoms with E-state index in [0.29, 0.717) is 0 Å². The van der Waals surface area contributed by atoms with Crippen molar-refractivity contribution < 1.29 is 0 Å². The number of allylic oxidation sites excluding steroid dienone is 5. The summed E-state index contributed by atoms with van der Waals surface area (Å²) in [6.07, 6.45) is 9.22. The molecular formula is C12H18. The van der Waals surface area contributed by atoms with Crippen LogP contribution in [-0.2, 0) is 0 Å². The van der Waals surface area contributed by atoms with E-state index in [1.54, 1.807) is 0 Å². The molecule has 0 spiro atoms. The Bertz CT molecular complexity index is 233. The number of hydrogen-bond donors (Lipinski definition) is 0. The highest BCUT2D eigenvalue weighted by molar-refractivity contribution is 5.30. The predicted molar refractivity (Wildman–Crippen MR) is 56.1 cm³/mol. The molecule has 0 aliphatic carbocycles. The molecule has 66 valence electrons. The van der Waals surface area contributed by atoms with E-state index in [9.17, 15) is 0 Å². The van der Waals surface area contributed by atoms with Crippen LogP contribution in [0.4, 0.5) is 0 Å². The zero-order valence-electron chi connectivity index (χ0n) is 8.52. The van der Waals surface area contributed by atoms with Crippen molar-refractivity contribution in [1.29, 1.82) is 0 Å². The van der Waals surface area contributed by atoms with Crippen molar-refractivity contribution in [3.05, 3.63) is 41.2 Å². The van der Waals surface area contributed by atoms with Gasteiger partial charge in [0.15, 0.2) is 0 Å². The monoisotopic (exact) mass is 162 g/mol. The fourth-order valence-electron chi connectivity index (χ4n) is 1.01. The standard InChI is InChI=1S/C12H18/c1-5-8-10-11(4)12(7-3)9-6-2/h5-6,8,10H,7H2,1-4H3. The van der Waals surface area contributed by atoms with Gasteiger partial charge in [-0.05, 0) is 44.4 Å². The van der Waals surface area contributed by atoms with Gasteiger partial charge in [0, 0.05) is 0 Å². The lowest BCUT2D eigenvalue weighted by Gasteiger charge is -1.98. The molecule has 0 aromatic rings. The smallest absolute Gasteiger partial charge is 0.00374 e. The number of rotatable bonds is 3. The molecule has 0 bridgehead atoms. The van der Waals surface area contributed by atoms with Crippen molar-refractivity contribution in [2.24, 2.45) is 0 Å². The minimum Gasteiger partial charge on any atom is -0.122 e. The van der Waals surface area contributed by atoms with E-state index in [4.69, 9.17) is 0 Å². The minimum absolute atomic E-state index is 1.05. The first-order chi connectivity index (χ1) is 5.76. The van der Waals surface area contributed by atoms with Crippen LogP contribution in [0.15, 0.2) is 41.2 Å². The van der Waals surface area contributed by atoms with Crippen molar-refractivity contribution in [2.45, 2.75) is 34.1 Å². The Kier molecular flexibility index (Phi) is 6.14. The SMILES string of the molecule is CC=C=C(CC)C(C)=CC=CC. The average molecular weight is 162 g/mol. The molecule has 0 nitrogen and oxygen atoms in total. The van der Waals surface area contributed by atoms with Gasteiger partial charge >= 0.3 is 0 Å². The van der Waals surface area contributed by atoms with Crippen LogP contribution in [0.2, 0.25) is 0 Å². The molecule has 0 N–H and O–H groups in total. The molecule has 0 radical (unpaired) electrons. The van der Waals surface area contributed by atoms with Crippen molar-refractivity contribution in [3.63, 3.8) is 0 Å². The Hall–Kier alpha value is -1.00.